The molecule has 0 radical (unpaired) electrons. The van der Waals surface area contributed by atoms with E-state index in [1.165, 1.54) is 6.34 Å². The third-order valence-corrected chi connectivity index (χ3v) is 1.23. The van der Waals surface area contributed by atoms with Crippen LogP contribution in [0.15, 0.2) is 14.8 Å². The van der Waals surface area contributed by atoms with Crippen molar-refractivity contribution in [1.82, 2.24) is 15.2 Å². The Morgan fingerprint density at radius 3 is 2.86 bits per heavy atom. The number of aromatic nitrogens is 2. The van der Waals surface area contributed by atoms with Gasteiger partial charge < -0.3 is 15.8 Å². The average molecular weight is 198 g/mol. The van der Waals surface area contributed by atoms with Crippen LogP contribution in [0.2, 0.25) is 0 Å². The number of oxime groups is 1. The largest absolute Gasteiger partial charge is 0.409 e. The van der Waals surface area contributed by atoms with E-state index in [2.05, 4.69) is 25.1 Å². The molecule has 0 aromatic carbocycles. The quantitative estimate of drug-likeness (QED) is 0.290. The van der Waals surface area contributed by atoms with Crippen LogP contribution in [0.1, 0.15) is 5.69 Å². The second-order valence-electron chi connectivity index (χ2n) is 2.63. The molecule has 0 atom stereocenters. The molecule has 0 bridgehead atoms. The standard InChI is InChI=1S/C6H10N6O2/c1-12(2)3-8-6-4(5(7)9-13)10-14-11-6/h3,13H,1-2H3,(H2,7,9). The van der Waals surface area contributed by atoms with Gasteiger partial charge in [-0.05, 0) is 10.3 Å². The molecule has 0 aliphatic rings. The Hall–Kier alpha value is -2.12. The number of nitrogens with two attached hydrogens (primary N) is 1. The molecule has 0 aliphatic carbocycles. The van der Waals surface area contributed by atoms with Gasteiger partial charge in [0.25, 0.3) is 0 Å². The summed E-state index contributed by atoms with van der Waals surface area (Å²) < 4.78 is 4.40. The maximum atomic E-state index is 8.40. The van der Waals surface area contributed by atoms with E-state index in [-0.39, 0.29) is 17.3 Å². The molecule has 0 amide bonds. The minimum atomic E-state index is -0.197. The van der Waals surface area contributed by atoms with Gasteiger partial charge >= 0.3 is 0 Å². The fraction of sp³-hybridized carbons (Fsp3) is 0.333. The fourth-order valence-corrected chi connectivity index (χ4v) is 0.648. The predicted molar refractivity (Wildman–Crippen MR) is 48.6 cm³/mol. The molecule has 14 heavy (non-hydrogen) atoms. The van der Waals surface area contributed by atoms with Crippen molar-refractivity contribution >= 4 is 18.0 Å². The Morgan fingerprint density at radius 2 is 2.29 bits per heavy atom. The van der Waals surface area contributed by atoms with Crippen LogP contribution in [-0.4, -0.2) is 46.7 Å². The Balaban J connectivity index is 2.94. The molecule has 0 spiro atoms. The van der Waals surface area contributed by atoms with E-state index in [1.807, 2.05) is 0 Å². The fourth-order valence-electron chi connectivity index (χ4n) is 0.648. The lowest BCUT2D eigenvalue weighted by Gasteiger charge is -2.00. The lowest BCUT2D eigenvalue weighted by molar-refractivity contribution is 0.304. The van der Waals surface area contributed by atoms with Crippen molar-refractivity contribution in [3.63, 3.8) is 0 Å². The number of amidine groups is 1. The molecule has 0 saturated heterocycles. The van der Waals surface area contributed by atoms with Gasteiger partial charge in [0.15, 0.2) is 11.5 Å². The molecule has 3 N–H and O–H groups in total. The summed E-state index contributed by atoms with van der Waals surface area (Å²) >= 11 is 0. The molecule has 0 unspecified atom stereocenters. The van der Waals surface area contributed by atoms with Gasteiger partial charge in [-0.3, -0.25) is 0 Å². The molecular weight excluding hydrogens is 188 g/mol. The van der Waals surface area contributed by atoms with Gasteiger partial charge in [0.2, 0.25) is 5.82 Å². The summed E-state index contributed by atoms with van der Waals surface area (Å²) in [5.41, 5.74) is 5.40. The molecule has 1 aromatic heterocycles. The molecule has 1 aromatic rings. The van der Waals surface area contributed by atoms with Crippen molar-refractivity contribution in [3.8, 4) is 0 Å². The first-order valence-corrected chi connectivity index (χ1v) is 3.66. The van der Waals surface area contributed by atoms with Crippen molar-refractivity contribution < 1.29 is 9.84 Å². The van der Waals surface area contributed by atoms with Gasteiger partial charge in [-0.25, -0.2) is 9.62 Å². The Bertz CT molecular complexity index is 355. The van der Waals surface area contributed by atoms with Crippen LogP contribution < -0.4 is 5.73 Å². The Morgan fingerprint density at radius 1 is 1.57 bits per heavy atom. The summed E-state index contributed by atoms with van der Waals surface area (Å²) in [6.45, 7) is 0. The van der Waals surface area contributed by atoms with Crippen LogP contribution >= 0.6 is 0 Å². The molecular formula is C6H10N6O2. The number of rotatable bonds is 3. The molecule has 8 heteroatoms. The van der Waals surface area contributed by atoms with Crippen molar-refractivity contribution in [3.05, 3.63) is 5.69 Å². The van der Waals surface area contributed by atoms with Crippen LogP contribution in [0.3, 0.4) is 0 Å². The van der Waals surface area contributed by atoms with Gasteiger partial charge in [0, 0.05) is 14.1 Å². The Labute approximate surface area is 79.7 Å². The molecule has 0 saturated carbocycles. The highest BCUT2D eigenvalue weighted by Crippen LogP contribution is 2.11. The number of aliphatic imine (C=N–C) groups is 1. The molecule has 76 valence electrons. The van der Waals surface area contributed by atoms with Crippen molar-refractivity contribution in [2.75, 3.05) is 14.1 Å². The lowest BCUT2D eigenvalue weighted by Crippen LogP contribution is -2.14. The molecule has 0 fully saturated rings. The van der Waals surface area contributed by atoms with E-state index < -0.39 is 0 Å². The second-order valence-corrected chi connectivity index (χ2v) is 2.63. The highest BCUT2D eigenvalue weighted by molar-refractivity contribution is 5.98. The van der Waals surface area contributed by atoms with E-state index >= 15 is 0 Å². The first-order chi connectivity index (χ1) is 6.65. The van der Waals surface area contributed by atoms with Crippen molar-refractivity contribution in [2.45, 2.75) is 0 Å². The minimum absolute atomic E-state index is 0.102. The lowest BCUT2D eigenvalue weighted by atomic mass is 10.4. The van der Waals surface area contributed by atoms with E-state index in [9.17, 15) is 0 Å². The highest BCUT2D eigenvalue weighted by Gasteiger charge is 2.12. The summed E-state index contributed by atoms with van der Waals surface area (Å²) in [4.78, 5) is 5.60. The molecule has 0 aliphatic heterocycles. The monoisotopic (exact) mass is 198 g/mol. The Kier molecular flexibility index (Phi) is 3.00. The highest BCUT2D eigenvalue weighted by atomic mass is 16.6. The summed E-state index contributed by atoms with van der Waals surface area (Å²) in [5.74, 6) is -0.0360. The SMILES string of the molecule is CN(C)C=Nc1nonc1/C(N)=N/O. The second kappa shape index (κ2) is 4.21. The zero-order chi connectivity index (χ0) is 10.6. The summed E-state index contributed by atoms with van der Waals surface area (Å²) in [6.07, 6.45) is 1.49. The van der Waals surface area contributed by atoms with E-state index in [1.54, 1.807) is 19.0 Å². The molecule has 1 heterocycles. The average Bonchev–Trinajstić information content (AvgIpc) is 2.61. The van der Waals surface area contributed by atoms with Crippen molar-refractivity contribution in [1.29, 1.82) is 0 Å². The zero-order valence-corrected chi connectivity index (χ0v) is 7.75. The van der Waals surface area contributed by atoms with Crippen molar-refractivity contribution in [2.24, 2.45) is 15.9 Å². The van der Waals surface area contributed by atoms with Crippen LogP contribution in [0.5, 0.6) is 0 Å². The van der Waals surface area contributed by atoms with Crippen LogP contribution in [-0.2, 0) is 0 Å². The summed E-state index contributed by atoms with van der Waals surface area (Å²) in [6, 6.07) is 0. The van der Waals surface area contributed by atoms with Crippen LogP contribution in [0.4, 0.5) is 5.82 Å². The maximum absolute atomic E-state index is 8.40. The first kappa shape index (κ1) is 9.96. The third-order valence-electron chi connectivity index (χ3n) is 1.23. The number of hydrogen-bond acceptors (Lipinski definition) is 6. The first-order valence-electron chi connectivity index (χ1n) is 3.66. The maximum Gasteiger partial charge on any atom is 0.229 e. The predicted octanol–water partition coefficient (Wildman–Crippen LogP) is -0.615. The number of hydrogen-bond donors (Lipinski definition) is 2. The van der Waals surface area contributed by atoms with Gasteiger partial charge in [-0.15, -0.1) is 0 Å². The number of nitrogens with zero attached hydrogens (tertiary/aromatic N) is 5. The van der Waals surface area contributed by atoms with Gasteiger partial charge in [0.05, 0.1) is 6.34 Å². The van der Waals surface area contributed by atoms with Gasteiger partial charge in [-0.1, -0.05) is 5.16 Å². The van der Waals surface area contributed by atoms with Gasteiger partial charge in [0.1, 0.15) is 0 Å². The third kappa shape index (κ3) is 2.19. The smallest absolute Gasteiger partial charge is 0.229 e. The van der Waals surface area contributed by atoms with E-state index in [0.29, 0.717) is 0 Å². The van der Waals surface area contributed by atoms with Crippen LogP contribution in [0, 0.1) is 0 Å². The molecule has 1 rings (SSSR count). The normalized spacial score (nSPS) is 12.3. The van der Waals surface area contributed by atoms with Crippen LogP contribution in [0.25, 0.3) is 0 Å². The zero-order valence-electron chi connectivity index (χ0n) is 7.75. The summed E-state index contributed by atoms with van der Waals surface area (Å²) in [7, 11) is 3.58. The van der Waals surface area contributed by atoms with E-state index in [0.717, 1.165) is 0 Å². The van der Waals surface area contributed by atoms with Gasteiger partial charge in [-0.2, -0.15) is 0 Å². The minimum Gasteiger partial charge on any atom is -0.409 e. The summed E-state index contributed by atoms with van der Waals surface area (Å²) in [5, 5.41) is 18.1. The molecule has 8 nitrogen and oxygen atoms in total. The topological polar surface area (TPSA) is 113 Å². The van der Waals surface area contributed by atoms with E-state index in [4.69, 9.17) is 10.9 Å².